The molecule has 2 N–H and O–H groups in total. The molecule has 7 nitrogen and oxygen atoms in total. The second-order valence-corrected chi connectivity index (χ2v) is 9.72. The zero-order valence-corrected chi connectivity index (χ0v) is 18.1. The molecule has 0 unspecified atom stereocenters. The highest BCUT2D eigenvalue weighted by molar-refractivity contribution is 7.92. The standard InChI is InChI=1S/C20H23ClN2O5S/c1-20(2)11-17(15-8-6-13(27-3)10-18(15)28-20)22-19(24)14-7-5-12(9-16(14)21)23-29(4,25)26/h5-10,17,23H,11H2,1-4H3,(H,22,24)/t17-/m1/s1. The Kier molecular flexibility index (Phi) is 5.69. The van der Waals surface area contributed by atoms with E-state index in [2.05, 4.69) is 10.0 Å². The largest absolute Gasteiger partial charge is 0.497 e. The number of hydrogen-bond acceptors (Lipinski definition) is 5. The first-order chi connectivity index (χ1) is 13.5. The van der Waals surface area contributed by atoms with Gasteiger partial charge in [-0.25, -0.2) is 8.42 Å². The van der Waals surface area contributed by atoms with Gasteiger partial charge in [0, 0.05) is 23.7 Å². The summed E-state index contributed by atoms with van der Waals surface area (Å²) in [7, 11) is -1.85. The third-order valence-electron chi connectivity index (χ3n) is 4.50. The lowest BCUT2D eigenvalue weighted by Crippen LogP contribution is -2.41. The lowest BCUT2D eigenvalue weighted by Gasteiger charge is -2.38. The van der Waals surface area contributed by atoms with Crippen molar-refractivity contribution in [3.05, 3.63) is 52.5 Å². The lowest BCUT2D eigenvalue weighted by molar-refractivity contribution is 0.0617. The Morgan fingerprint density at radius 1 is 1.24 bits per heavy atom. The molecule has 0 saturated heterocycles. The van der Waals surface area contributed by atoms with Gasteiger partial charge < -0.3 is 14.8 Å². The van der Waals surface area contributed by atoms with Gasteiger partial charge in [0.05, 0.1) is 30.0 Å². The van der Waals surface area contributed by atoms with Crippen molar-refractivity contribution in [3.63, 3.8) is 0 Å². The van der Waals surface area contributed by atoms with Gasteiger partial charge in [0.25, 0.3) is 5.91 Å². The number of benzene rings is 2. The van der Waals surface area contributed by atoms with Gasteiger partial charge in [0.15, 0.2) is 0 Å². The molecule has 156 valence electrons. The van der Waals surface area contributed by atoms with E-state index in [-0.39, 0.29) is 22.5 Å². The van der Waals surface area contributed by atoms with Gasteiger partial charge in [-0.05, 0) is 44.2 Å². The number of hydrogen-bond donors (Lipinski definition) is 2. The predicted octanol–water partition coefficient (Wildman–Crippen LogP) is 3.75. The first-order valence-corrected chi connectivity index (χ1v) is 11.2. The quantitative estimate of drug-likeness (QED) is 0.741. The van der Waals surface area contributed by atoms with Crippen LogP contribution in [0.2, 0.25) is 5.02 Å². The van der Waals surface area contributed by atoms with Gasteiger partial charge >= 0.3 is 0 Å². The summed E-state index contributed by atoms with van der Waals surface area (Å²) in [6, 6.07) is 9.60. The van der Waals surface area contributed by atoms with Crippen molar-refractivity contribution in [2.24, 2.45) is 0 Å². The topological polar surface area (TPSA) is 93.7 Å². The molecule has 1 aliphatic heterocycles. The summed E-state index contributed by atoms with van der Waals surface area (Å²) >= 11 is 6.23. The summed E-state index contributed by atoms with van der Waals surface area (Å²) in [5.74, 6) is 0.971. The fourth-order valence-electron chi connectivity index (χ4n) is 3.30. The van der Waals surface area contributed by atoms with Crippen molar-refractivity contribution in [2.75, 3.05) is 18.1 Å². The highest BCUT2D eigenvalue weighted by Gasteiger charge is 2.35. The molecular weight excluding hydrogens is 416 g/mol. The van der Waals surface area contributed by atoms with E-state index in [0.29, 0.717) is 23.6 Å². The SMILES string of the molecule is COc1ccc2c(c1)OC(C)(C)C[C@H]2NC(=O)c1ccc(NS(C)(=O)=O)cc1Cl. The summed E-state index contributed by atoms with van der Waals surface area (Å²) in [5.41, 5.74) is 0.915. The zero-order valence-electron chi connectivity index (χ0n) is 16.6. The minimum Gasteiger partial charge on any atom is -0.497 e. The van der Waals surface area contributed by atoms with E-state index in [1.54, 1.807) is 13.2 Å². The van der Waals surface area contributed by atoms with Crippen LogP contribution >= 0.6 is 11.6 Å². The highest BCUT2D eigenvalue weighted by atomic mass is 35.5. The van der Waals surface area contributed by atoms with Crippen LogP contribution in [-0.2, 0) is 10.0 Å². The van der Waals surface area contributed by atoms with E-state index >= 15 is 0 Å². The second-order valence-electron chi connectivity index (χ2n) is 7.56. The van der Waals surface area contributed by atoms with E-state index in [4.69, 9.17) is 21.1 Å². The van der Waals surface area contributed by atoms with E-state index in [0.717, 1.165) is 11.8 Å². The predicted molar refractivity (Wildman–Crippen MR) is 112 cm³/mol. The first kappa shape index (κ1) is 21.3. The molecule has 29 heavy (non-hydrogen) atoms. The Bertz CT molecular complexity index is 1050. The normalized spacial score (nSPS) is 17.6. The van der Waals surface area contributed by atoms with Crippen LogP contribution in [0.5, 0.6) is 11.5 Å². The van der Waals surface area contributed by atoms with Crippen molar-refractivity contribution in [1.29, 1.82) is 0 Å². The summed E-state index contributed by atoms with van der Waals surface area (Å²) in [4.78, 5) is 12.9. The molecule has 3 rings (SSSR count). The molecule has 1 amide bonds. The number of halogens is 1. The number of carbonyl (C=O) groups excluding carboxylic acids is 1. The number of sulfonamides is 1. The van der Waals surface area contributed by atoms with E-state index < -0.39 is 15.6 Å². The van der Waals surface area contributed by atoms with Gasteiger partial charge in [0.1, 0.15) is 17.1 Å². The Morgan fingerprint density at radius 3 is 2.59 bits per heavy atom. The minimum atomic E-state index is -3.44. The Hall–Kier alpha value is -2.45. The van der Waals surface area contributed by atoms with Crippen molar-refractivity contribution in [2.45, 2.75) is 31.9 Å². The van der Waals surface area contributed by atoms with Crippen LogP contribution < -0.4 is 19.5 Å². The van der Waals surface area contributed by atoms with Crippen LogP contribution in [-0.4, -0.2) is 33.3 Å². The van der Waals surface area contributed by atoms with Crippen LogP contribution in [0.1, 0.15) is 42.2 Å². The molecule has 0 fully saturated rings. The number of fused-ring (bicyclic) bond motifs is 1. The molecule has 2 aromatic rings. The maximum Gasteiger partial charge on any atom is 0.253 e. The molecule has 2 aromatic carbocycles. The number of methoxy groups -OCH3 is 1. The van der Waals surface area contributed by atoms with Gasteiger partial charge in [-0.1, -0.05) is 11.6 Å². The van der Waals surface area contributed by atoms with E-state index in [1.807, 2.05) is 26.0 Å². The van der Waals surface area contributed by atoms with Crippen molar-refractivity contribution < 1.29 is 22.7 Å². The van der Waals surface area contributed by atoms with Gasteiger partial charge in [-0.15, -0.1) is 0 Å². The number of ether oxygens (including phenoxy) is 2. The molecule has 0 radical (unpaired) electrons. The van der Waals surface area contributed by atoms with Crippen LogP contribution in [0.3, 0.4) is 0 Å². The van der Waals surface area contributed by atoms with Gasteiger partial charge in [-0.2, -0.15) is 0 Å². The lowest BCUT2D eigenvalue weighted by atomic mass is 9.89. The van der Waals surface area contributed by atoms with Crippen LogP contribution in [0.15, 0.2) is 36.4 Å². The highest BCUT2D eigenvalue weighted by Crippen LogP contribution is 2.41. The average molecular weight is 439 g/mol. The molecule has 1 aliphatic rings. The van der Waals surface area contributed by atoms with Crippen LogP contribution in [0, 0.1) is 0 Å². The number of amides is 1. The second kappa shape index (κ2) is 7.76. The van der Waals surface area contributed by atoms with Crippen molar-refractivity contribution >= 4 is 33.2 Å². The Morgan fingerprint density at radius 2 is 1.97 bits per heavy atom. The molecule has 0 spiro atoms. The molecule has 0 saturated carbocycles. The van der Waals surface area contributed by atoms with Crippen molar-refractivity contribution in [1.82, 2.24) is 5.32 Å². The number of rotatable bonds is 5. The summed E-state index contributed by atoms with van der Waals surface area (Å²) in [5, 5.41) is 3.16. The Labute approximate surface area is 175 Å². The molecular formula is C20H23ClN2O5S. The number of anilines is 1. The zero-order chi connectivity index (χ0) is 21.4. The molecule has 0 bridgehead atoms. The summed E-state index contributed by atoms with van der Waals surface area (Å²) in [6.45, 7) is 3.90. The fourth-order valence-corrected chi connectivity index (χ4v) is 4.12. The van der Waals surface area contributed by atoms with Crippen LogP contribution in [0.4, 0.5) is 5.69 Å². The van der Waals surface area contributed by atoms with Gasteiger partial charge in [-0.3, -0.25) is 9.52 Å². The number of carbonyl (C=O) groups is 1. The molecule has 0 aliphatic carbocycles. The Balaban J connectivity index is 1.85. The molecule has 1 heterocycles. The number of nitrogens with one attached hydrogen (secondary N) is 2. The third-order valence-corrected chi connectivity index (χ3v) is 5.42. The first-order valence-electron chi connectivity index (χ1n) is 8.92. The summed E-state index contributed by atoms with van der Waals surface area (Å²) in [6.07, 6.45) is 1.62. The van der Waals surface area contributed by atoms with E-state index in [9.17, 15) is 13.2 Å². The third kappa shape index (κ3) is 5.13. The maximum atomic E-state index is 12.9. The van der Waals surface area contributed by atoms with E-state index in [1.165, 1.54) is 18.2 Å². The molecule has 0 aromatic heterocycles. The van der Waals surface area contributed by atoms with Crippen LogP contribution in [0.25, 0.3) is 0 Å². The monoisotopic (exact) mass is 438 g/mol. The van der Waals surface area contributed by atoms with Crippen molar-refractivity contribution in [3.8, 4) is 11.5 Å². The fraction of sp³-hybridized carbons (Fsp3) is 0.350. The maximum absolute atomic E-state index is 12.9. The molecule has 1 atom stereocenters. The summed E-state index contributed by atoms with van der Waals surface area (Å²) < 4.78 is 36.4. The average Bonchev–Trinajstić information content (AvgIpc) is 2.58. The smallest absolute Gasteiger partial charge is 0.253 e. The minimum absolute atomic E-state index is 0.150. The van der Waals surface area contributed by atoms with Gasteiger partial charge in [0.2, 0.25) is 10.0 Å². The molecule has 9 heteroatoms.